The summed E-state index contributed by atoms with van der Waals surface area (Å²) in [4.78, 5) is 4.11. The Labute approximate surface area is 79.7 Å². The van der Waals surface area contributed by atoms with E-state index in [4.69, 9.17) is 10.2 Å². The van der Waals surface area contributed by atoms with Crippen LogP contribution in [0.15, 0.2) is 28.7 Å². The molecule has 0 saturated carbocycles. The van der Waals surface area contributed by atoms with Gasteiger partial charge in [-0.3, -0.25) is 5.32 Å². The number of fused-ring (bicyclic) bond motifs is 1. The Morgan fingerprint density at radius 3 is 2.92 bits per heavy atom. The molecule has 4 nitrogen and oxygen atoms in total. The Hall–Kier alpha value is -1.62. The van der Waals surface area contributed by atoms with Crippen molar-refractivity contribution in [2.75, 3.05) is 5.32 Å². The van der Waals surface area contributed by atoms with Crippen LogP contribution in [-0.2, 0) is 0 Å². The van der Waals surface area contributed by atoms with Gasteiger partial charge in [-0.05, 0) is 24.4 Å². The molecule has 1 aromatic carbocycles. The summed E-state index contributed by atoms with van der Waals surface area (Å²) in [7, 11) is 0. The topological polar surface area (TPSA) is 64.1 Å². The molecule has 0 aliphatic rings. The van der Waals surface area contributed by atoms with E-state index in [0.717, 1.165) is 5.52 Å². The molecule has 1 heterocycles. The molecule has 0 radical (unpaired) electrons. The van der Waals surface area contributed by atoms with E-state index in [-0.39, 0.29) is 5.11 Å². The Morgan fingerprint density at radius 2 is 2.23 bits per heavy atom. The fourth-order valence-electron chi connectivity index (χ4n) is 1.03. The predicted molar refractivity (Wildman–Crippen MR) is 54.4 cm³/mol. The monoisotopic (exact) mass is 193 g/mol. The zero-order chi connectivity index (χ0) is 9.26. The summed E-state index contributed by atoms with van der Waals surface area (Å²) < 4.78 is 5.29. The van der Waals surface area contributed by atoms with E-state index < -0.39 is 0 Å². The molecule has 0 unspecified atom stereocenters. The molecule has 0 aliphatic heterocycles. The van der Waals surface area contributed by atoms with Gasteiger partial charge in [-0.15, -0.1) is 0 Å². The van der Waals surface area contributed by atoms with Gasteiger partial charge >= 0.3 is 6.01 Å². The highest BCUT2D eigenvalue weighted by Crippen LogP contribution is 2.17. The molecule has 0 spiro atoms. The number of rotatable bonds is 1. The van der Waals surface area contributed by atoms with Crippen LogP contribution in [0.5, 0.6) is 0 Å². The maximum Gasteiger partial charge on any atom is 0.302 e. The van der Waals surface area contributed by atoms with Gasteiger partial charge in [-0.25, -0.2) is 0 Å². The maximum atomic E-state index is 5.29. The summed E-state index contributed by atoms with van der Waals surface area (Å²) >= 11 is 4.65. The Morgan fingerprint density at radius 1 is 1.46 bits per heavy atom. The lowest BCUT2D eigenvalue weighted by atomic mass is 10.3. The second kappa shape index (κ2) is 3.02. The molecule has 0 amide bonds. The number of thiocarbonyl (C=S) groups is 1. The first-order valence-electron chi connectivity index (χ1n) is 3.68. The van der Waals surface area contributed by atoms with E-state index in [1.165, 1.54) is 0 Å². The molecule has 0 fully saturated rings. The van der Waals surface area contributed by atoms with Gasteiger partial charge < -0.3 is 10.2 Å². The van der Waals surface area contributed by atoms with Crippen molar-refractivity contribution in [3.05, 3.63) is 24.3 Å². The number of hydrogen-bond donors (Lipinski definition) is 2. The molecular formula is C8H7N3OS. The lowest BCUT2D eigenvalue weighted by molar-refractivity contribution is 0.624. The van der Waals surface area contributed by atoms with Gasteiger partial charge in [-0.2, -0.15) is 4.98 Å². The second-order valence-corrected chi connectivity index (χ2v) is 2.92. The number of hydrogen-bond acceptors (Lipinski definition) is 3. The Kier molecular flexibility index (Phi) is 1.86. The number of oxazole rings is 1. The van der Waals surface area contributed by atoms with Crippen LogP contribution >= 0.6 is 12.2 Å². The first kappa shape index (κ1) is 8.00. The Balaban J connectivity index is 2.44. The van der Waals surface area contributed by atoms with Crippen LogP contribution in [0.3, 0.4) is 0 Å². The molecule has 0 bridgehead atoms. The summed E-state index contributed by atoms with van der Waals surface area (Å²) in [5, 5.41) is 2.77. The largest absolute Gasteiger partial charge is 0.423 e. The molecule has 2 aromatic rings. The third kappa shape index (κ3) is 1.59. The van der Waals surface area contributed by atoms with Crippen molar-refractivity contribution in [2.24, 2.45) is 5.73 Å². The van der Waals surface area contributed by atoms with Gasteiger partial charge in [0.15, 0.2) is 10.7 Å². The van der Waals surface area contributed by atoms with Crippen molar-refractivity contribution in [1.29, 1.82) is 0 Å². The van der Waals surface area contributed by atoms with Crippen molar-refractivity contribution in [3.8, 4) is 0 Å². The number of nitrogens with two attached hydrogens (primary N) is 1. The van der Waals surface area contributed by atoms with Crippen LogP contribution in [0.25, 0.3) is 11.1 Å². The van der Waals surface area contributed by atoms with Crippen LogP contribution in [0, 0.1) is 0 Å². The number of nitrogens with one attached hydrogen (secondary N) is 1. The zero-order valence-corrected chi connectivity index (χ0v) is 7.47. The van der Waals surface area contributed by atoms with Crippen molar-refractivity contribution >= 4 is 34.4 Å². The fraction of sp³-hybridized carbons (Fsp3) is 0. The molecule has 5 heteroatoms. The van der Waals surface area contributed by atoms with Crippen molar-refractivity contribution in [3.63, 3.8) is 0 Å². The number of benzene rings is 1. The smallest absolute Gasteiger partial charge is 0.302 e. The van der Waals surface area contributed by atoms with E-state index in [1.54, 1.807) is 0 Å². The molecule has 0 aliphatic carbocycles. The Bertz CT molecular complexity index is 418. The van der Waals surface area contributed by atoms with Gasteiger partial charge in [0.25, 0.3) is 0 Å². The van der Waals surface area contributed by atoms with E-state index in [9.17, 15) is 0 Å². The standard InChI is InChI=1S/C8H7N3OS/c9-7(13)11-8-10-5-3-1-2-4-6(5)12-8/h1-4H,(H3,9,10,11,13). The van der Waals surface area contributed by atoms with Crippen LogP contribution in [-0.4, -0.2) is 10.1 Å². The molecular weight excluding hydrogens is 186 g/mol. The van der Waals surface area contributed by atoms with Crippen LogP contribution in [0.1, 0.15) is 0 Å². The summed E-state index contributed by atoms with van der Waals surface area (Å²) in [6.45, 7) is 0. The lowest BCUT2D eigenvalue weighted by Crippen LogP contribution is -2.18. The number of para-hydroxylation sites is 2. The average Bonchev–Trinajstić information content (AvgIpc) is 2.44. The van der Waals surface area contributed by atoms with Crippen LogP contribution < -0.4 is 11.1 Å². The van der Waals surface area contributed by atoms with Gasteiger partial charge in [0, 0.05) is 0 Å². The van der Waals surface area contributed by atoms with Gasteiger partial charge in [0.05, 0.1) is 0 Å². The molecule has 2 rings (SSSR count). The quantitative estimate of drug-likeness (QED) is 0.672. The van der Waals surface area contributed by atoms with E-state index >= 15 is 0 Å². The zero-order valence-electron chi connectivity index (χ0n) is 6.65. The third-order valence-electron chi connectivity index (χ3n) is 1.52. The summed E-state index contributed by atoms with van der Waals surface area (Å²) in [6.07, 6.45) is 0. The molecule has 66 valence electrons. The summed E-state index contributed by atoms with van der Waals surface area (Å²) in [5.41, 5.74) is 6.76. The second-order valence-electron chi connectivity index (χ2n) is 2.48. The highest BCUT2D eigenvalue weighted by atomic mass is 32.1. The average molecular weight is 193 g/mol. The summed E-state index contributed by atoms with van der Waals surface area (Å²) in [6, 6.07) is 7.76. The highest BCUT2D eigenvalue weighted by Gasteiger charge is 2.03. The van der Waals surface area contributed by atoms with Crippen molar-refractivity contribution in [1.82, 2.24) is 4.98 Å². The van der Waals surface area contributed by atoms with E-state index in [0.29, 0.717) is 11.6 Å². The van der Waals surface area contributed by atoms with Gasteiger partial charge in [0.2, 0.25) is 0 Å². The highest BCUT2D eigenvalue weighted by molar-refractivity contribution is 7.80. The fourth-order valence-corrected chi connectivity index (χ4v) is 1.12. The lowest BCUT2D eigenvalue weighted by Gasteiger charge is -1.93. The minimum absolute atomic E-state index is 0.145. The molecule has 1 aromatic heterocycles. The minimum Gasteiger partial charge on any atom is -0.423 e. The summed E-state index contributed by atoms with van der Waals surface area (Å²) in [5.74, 6) is 0. The van der Waals surface area contributed by atoms with Gasteiger partial charge in [0.1, 0.15) is 5.52 Å². The molecule has 0 atom stereocenters. The first-order valence-corrected chi connectivity index (χ1v) is 4.08. The van der Waals surface area contributed by atoms with Crippen LogP contribution in [0.4, 0.5) is 6.01 Å². The molecule has 13 heavy (non-hydrogen) atoms. The normalized spacial score (nSPS) is 10.2. The predicted octanol–water partition coefficient (Wildman–Crippen LogP) is 1.48. The third-order valence-corrected chi connectivity index (χ3v) is 1.63. The van der Waals surface area contributed by atoms with E-state index in [2.05, 4.69) is 22.5 Å². The molecule has 3 N–H and O–H groups in total. The van der Waals surface area contributed by atoms with E-state index in [1.807, 2.05) is 24.3 Å². The van der Waals surface area contributed by atoms with Crippen LogP contribution in [0.2, 0.25) is 0 Å². The maximum absolute atomic E-state index is 5.29. The minimum atomic E-state index is 0.145. The number of aromatic nitrogens is 1. The van der Waals surface area contributed by atoms with Crippen molar-refractivity contribution < 1.29 is 4.42 Å². The number of nitrogens with zero attached hydrogens (tertiary/aromatic N) is 1. The van der Waals surface area contributed by atoms with Crippen molar-refractivity contribution in [2.45, 2.75) is 0 Å². The van der Waals surface area contributed by atoms with Gasteiger partial charge in [-0.1, -0.05) is 12.1 Å². The first-order chi connectivity index (χ1) is 6.25. The SMILES string of the molecule is NC(=S)Nc1nc2ccccc2o1. The number of anilines is 1. The molecule has 0 saturated heterocycles.